The molecule has 2 amide bonds. The first-order valence-electron chi connectivity index (χ1n) is 7.97. The molecular formula is C18H20N2O3S. The van der Waals surface area contributed by atoms with Crippen molar-refractivity contribution >= 4 is 29.3 Å². The zero-order chi connectivity index (χ0) is 17.2. The van der Waals surface area contributed by atoms with Crippen LogP contribution in [0.3, 0.4) is 0 Å². The predicted octanol–water partition coefficient (Wildman–Crippen LogP) is 2.86. The molecule has 0 saturated carbocycles. The number of fused-ring (bicyclic) bond motifs is 1. The Labute approximate surface area is 145 Å². The molecule has 126 valence electrons. The van der Waals surface area contributed by atoms with Crippen molar-refractivity contribution in [3.8, 4) is 0 Å². The molecule has 24 heavy (non-hydrogen) atoms. The molecule has 0 bridgehead atoms. The van der Waals surface area contributed by atoms with Gasteiger partial charge in [-0.1, -0.05) is 23.9 Å². The van der Waals surface area contributed by atoms with Gasteiger partial charge in [-0.25, -0.2) is 0 Å². The fourth-order valence-corrected chi connectivity index (χ4v) is 4.01. The normalized spacial score (nSPS) is 19.9. The van der Waals surface area contributed by atoms with Crippen LogP contribution >= 0.6 is 11.8 Å². The third kappa shape index (κ3) is 2.94. The Hall–Kier alpha value is -2.21. The average Bonchev–Trinajstić information content (AvgIpc) is 3.09. The minimum atomic E-state index is -1.16. The molecule has 1 aliphatic rings. The average molecular weight is 344 g/mol. The van der Waals surface area contributed by atoms with Gasteiger partial charge in [-0.2, -0.15) is 0 Å². The van der Waals surface area contributed by atoms with Crippen molar-refractivity contribution in [2.75, 3.05) is 18.0 Å². The van der Waals surface area contributed by atoms with Crippen LogP contribution in [0.25, 0.3) is 0 Å². The van der Waals surface area contributed by atoms with Gasteiger partial charge < -0.3 is 14.6 Å². The number of hydrogen-bond donors (Lipinski definition) is 1. The second-order valence-corrected chi connectivity index (χ2v) is 7.20. The van der Waals surface area contributed by atoms with Crippen molar-refractivity contribution in [2.24, 2.45) is 0 Å². The Balaban J connectivity index is 1.76. The predicted molar refractivity (Wildman–Crippen MR) is 94.2 cm³/mol. The summed E-state index contributed by atoms with van der Waals surface area (Å²) in [7, 11) is 0. The van der Waals surface area contributed by atoms with E-state index in [0.29, 0.717) is 19.5 Å². The summed E-state index contributed by atoms with van der Waals surface area (Å²) in [5.41, 5.74) is 0.871. The molecule has 1 N–H and O–H groups in total. The van der Waals surface area contributed by atoms with E-state index in [1.54, 1.807) is 18.1 Å². The molecule has 0 fully saturated rings. The second kappa shape index (κ2) is 6.73. The highest BCUT2D eigenvalue weighted by atomic mass is 32.2. The van der Waals surface area contributed by atoms with E-state index in [2.05, 4.69) is 5.32 Å². The molecule has 6 heteroatoms. The van der Waals surface area contributed by atoms with E-state index in [1.165, 1.54) is 11.8 Å². The van der Waals surface area contributed by atoms with E-state index in [4.69, 9.17) is 4.42 Å². The van der Waals surface area contributed by atoms with Crippen LogP contribution in [-0.2, 0) is 16.0 Å². The molecule has 0 spiro atoms. The molecule has 1 aromatic carbocycles. The molecule has 0 aliphatic carbocycles. The van der Waals surface area contributed by atoms with E-state index >= 15 is 0 Å². The van der Waals surface area contributed by atoms with Gasteiger partial charge in [-0.05, 0) is 38.1 Å². The topological polar surface area (TPSA) is 62.6 Å². The zero-order valence-electron chi connectivity index (χ0n) is 13.7. The van der Waals surface area contributed by atoms with E-state index in [1.807, 2.05) is 43.3 Å². The maximum Gasteiger partial charge on any atom is 0.252 e. The molecule has 1 unspecified atom stereocenters. The van der Waals surface area contributed by atoms with Crippen molar-refractivity contribution in [2.45, 2.75) is 29.9 Å². The fourth-order valence-electron chi connectivity index (χ4n) is 2.78. The first-order chi connectivity index (χ1) is 11.6. The van der Waals surface area contributed by atoms with Crippen LogP contribution in [0.2, 0.25) is 0 Å². The number of hydrogen-bond acceptors (Lipinski definition) is 4. The van der Waals surface area contributed by atoms with Gasteiger partial charge in [0.1, 0.15) is 5.76 Å². The Morgan fingerprint density at radius 2 is 2.08 bits per heavy atom. The quantitative estimate of drug-likeness (QED) is 0.847. The number of carbonyl (C=O) groups is 2. The summed E-state index contributed by atoms with van der Waals surface area (Å²) in [5.74, 6) is 0.366. The number of nitrogens with one attached hydrogen (secondary N) is 1. The Bertz CT molecular complexity index is 744. The van der Waals surface area contributed by atoms with Crippen molar-refractivity contribution in [1.82, 2.24) is 5.32 Å². The van der Waals surface area contributed by atoms with E-state index in [9.17, 15) is 9.59 Å². The Kier molecular flexibility index (Phi) is 4.66. The monoisotopic (exact) mass is 344 g/mol. The van der Waals surface area contributed by atoms with Crippen LogP contribution in [-0.4, -0.2) is 29.7 Å². The van der Waals surface area contributed by atoms with E-state index in [-0.39, 0.29) is 11.8 Å². The van der Waals surface area contributed by atoms with Crippen LogP contribution in [0.1, 0.15) is 19.6 Å². The lowest BCUT2D eigenvalue weighted by Gasteiger charge is -2.38. The molecule has 2 aromatic rings. The molecular weight excluding hydrogens is 324 g/mol. The molecule has 5 nitrogen and oxygen atoms in total. The number of para-hydroxylation sites is 1. The minimum absolute atomic E-state index is 0.177. The number of nitrogens with zero attached hydrogens (tertiary/aromatic N) is 1. The van der Waals surface area contributed by atoms with Gasteiger partial charge in [0.25, 0.3) is 5.91 Å². The first kappa shape index (κ1) is 16.6. The Morgan fingerprint density at radius 3 is 2.79 bits per heavy atom. The van der Waals surface area contributed by atoms with Gasteiger partial charge in [0.15, 0.2) is 4.75 Å². The number of benzene rings is 1. The van der Waals surface area contributed by atoms with Gasteiger partial charge in [0, 0.05) is 24.4 Å². The van der Waals surface area contributed by atoms with Crippen LogP contribution < -0.4 is 10.2 Å². The zero-order valence-corrected chi connectivity index (χ0v) is 14.6. The summed E-state index contributed by atoms with van der Waals surface area (Å²) in [6.45, 7) is 4.58. The molecule has 2 heterocycles. The summed E-state index contributed by atoms with van der Waals surface area (Å²) in [5, 5.41) is 2.87. The van der Waals surface area contributed by atoms with Gasteiger partial charge in [-0.3, -0.25) is 9.59 Å². The molecule has 1 atom stereocenters. The molecule has 0 saturated heterocycles. The van der Waals surface area contributed by atoms with E-state index in [0.717, 1.165) is 16.3 Å². The molecule has 3 rings (SSSR count). The van der Waals surface area contributed by atoms with Gasteiger partial charge in [-0.15, -0.1) is 0 Å². The molecule has 1 aliphatic heterocycles. The van der Waals surface area contributed by atoms with Crippen LogP contribution in [0.4, 0.5) is 5.69 Å². The second-order valence-electron chi connectivity index (χ2n) is 5.74. The summed E-state index contributed by atoms with van der Waals surface area (Å²) in [4.78, 5) is 28.2. The third-order valence-corrected chi connectivity index (χ3v) is 5.44. The summed E-state index contributed by atoms with van der Waals surface area (Å²) >= 11 is 1.32. The van der Waals surface area contributed by atoms with Crippen molar-refractivity contribution in [3.63, 3.8) is 0 Å². The molecule has 0 radical (unpaired) electrons. The number of anilines is 1. The van der Waals surface area contributed by atoms with E-state index < -0.39 is 4.75 Å². The summed E-state index contributed by atoms with van der Waals surface area (Å²) in [6, 6.07) is 11.4. The highest BCUT2D eigenvalue weighted by Crippen LogP contribution is 2.45. The lowest BCUT2D eigenvalue weighted by atomic mass is 10.1. The number of rotatable bonds is 5. The number of carbonyl (C=O) groups excluding carboxylic acids is 2. The van der Waals surface area contributed by atoms with Gasteiger partial charge >= 0.3 is 0 Å². The van der Waals surface area contributed by atoms with Crippen molar-refractivity contribution in [3.05, 3.63) is 48.4 Å². The summed E-state index contributed by atoms with van der Waals surface area (Å²) < 4.78 is 4.10. The first-order valence-corrected chi connectivity index (χ1v) is 8.78. The van der Waals surface area contributed by atoms with Crippen LogP contribution in [0, 0.1) is 0 Å². The highest BCUT2D eigenvalue weighted by molar-refractivity contribution is 8.02. The minimum Gasteiger partial charge on any atom is -0.469 e. The SMILES string of the molecule is CCN1C(=O)C(C)(C(=O)NCCc2ccco2)Sc2ccccc21. The lowest BCUT2D eigenvalue weighted by molar-refractivity contribution is -0.131. The maximum atomic E-state index is 12.9. The lowest BCUT2D eigenvalue weighted by Crippen LogP contribution is -2.56. The van der Waals surface area contributed by atoms with Gasteiger partial charge in [0.2, 0.25) is 5.91 Å². The number of thioether (sulfide) groups is 1. The molecule has 1 aromatic heterocycles. The van der Waals surface area contributed by atoms with Crippen molar-refractivity contribution in [1.29, 1.82) is 0 Å². The Morgan fingerprint density at radius 1 is 1.29 bits per heavy atom. The van der Waals surface area contributed by atoms with Crippen molar-refractivity contribution < 1.29 is 14.0 Å². The number of furan rings is 1. The van der Waals surface area contributed by atoms with Gasteiger partial charge in [0.05, 0.1) is 12.0 Å². The smallest absolute Gasteiger partial charge is 0.252 e. The standard InChI is InChI=1S/C18H20N2O3S/c1-3-20-14-8-4-5-9-15(14)24-18(2,17(20)22)16(21)19-11-10-13-7-6-12-23-13/h4-9,12H,3,10-11H2,1-2H3,(H,19,21). The highest BCUT2D eigenvalue weighted by Gasteiger charge is 2.48. The van der Waals surface area contributed by atoms with Crippen LogP contribution in [0.15, 0.2) is 52.0 Å². The number of amides is 2. The summed E-state index contributed by atoms with van der Waals surface area (Å²) in [6.07, 6.45) is 2.21. The third-order valence-electron chi connectivity index (χ3n) is 4.11. The largest absolute Gasteiger partial charge is 0.469 e. The fraction of sp³-hybridized carbons (Fsp3) is 0.333. The maximum absolute atomic E-state index is 12.9. The van der Waals surface area contributed by atoms with Crippen LogP contribution in [0.5, 0.6) is 0 Å².